The van der Waals surface area contributed by atoms with Crippen LogP contribution in [0, 0.1) is 0 Å². The standard InChI is InChI=1S/C22H19N3O3/c1-25-19-11-10-17(14-20(19)28-22(25)27)24-21(26)18(15-7-3-2-4-8-15)13-16-9-5-6-12-23-16/h2-12,14,18H,13H2,1H3,(H,24,26). The van der Waals surface area contributed by atoms with Crippen LogP contribution in [0.4, 0.5) is 5.69 Å². The van der Waals surface area contributed by atoms with Crippen molar-refractivity contribution >= 4 is 22.7 Å². The minimum Gasteiger partial charge on any atom is -0.408 e. The van der Waals surface area contributed by atoms with Gasteiger partial charge in [0.05, 0.1) is 11.4 Å². The molecule has 1 amide bonds. The molecule has 0 aliphatic carbocycles. The number of aromatic nitrogens is 2. The Morgan fingerprint density at radius 2 is 1.89 bits per heavy atom. The first-order valence-corrected chi connectivity index (χ1v) is 8.97. The molecule has 6 heteroatoms. The highest BCUT2D eigenvalue weighted by Gasteiger charge is 2.22. The second kappa shape index (κ2) is 7.52. The first-order chi connectivity index (χ1) is 13.6. The molecule has 0 aliphatic rings. The molecule has 2 aromatic carbocycles. The van der Waals surface area contributed by atoms with Crippen molar-refractivity contribution in [1.82, 2.24) is 9.55 Å². The van der Waals surface area contributed by atoms with Crippen LogP contribution < -0.4 is 11.1 Å². The Morgan fingerprint density at radius 1 is 1.11 bits per heavy atom. The van der Waals surface area contributed by atoms with E-state index in [4.69, 9.17) is 4.42 Å². The molecule has 28 heavy (non-hydrogen) atoms. The third-order valence-electron chi connectivity index (χ3n) is 4.72. The van der Waals surface area contributed by atoms with E-state index < -0.39 is 11.7 Å². The molecule has 4 aromatic rings. The molecule has 1 N–H and O–H groups in total. The zero-order valence-electron chi connectivity index (χ0n) is 15.3. The average Bonchev–Trinajstić information content (AvgIpc) is 3.00. The van der Waals surface area contributed by atoms with E-state index in [1.807, 2.05) is 48.5 Å². The summed E-state index contributed by atoms with van der Waals surface area (Å²) in [7, 11) is 1.64. The summed E-state index contributed by atoms with van der Waals surface area (Å²) in [4.78, 5) is 29.1. The fourth-order valence-corrected chi connectivity index (χ4v) is 3.22. The van der Waals surface area contributed by atoms with Crippen molar-refractivity contribution in [3.8, 4) is 0 Å². The Balaban J connectivity index is 1.62. The summed E-state index contributed by atoms with van der Waals surface area (Å²) in [5.74, 6) is -0.972. The van der Waals surface area contributed by atoms with Crippen molar-refractivity contribution in [3.05, 3.63) is 94.7 Å². The Kier molecular flexibility index (Phi) is 4.76. The van der Waals surface area contributed by atoms with E-state index in [1.54, 1.807) is 31.4 Å². The van der Waals surface area contributed by atoms with Crippen molar-refractivity contribution in [3.63, 3.8) is 0 Å². The Labute approximate surface area is 161 Å². The smallest absolute Gasteiger partial charge is 0.408 e. The third kappa shape index (κ3) is 3.57. The number of carbonyl (C=O) groups is 1. The zero-order valence-corrected chi connectivity index (χ0v) is 15.3. The predicted octanol–water partition coefficient (Wildman–Crippen LogP) is 3.49. The summed E-state index contributed by atoms with van der Waals surface area (Å²) < 4.78 is 6.63. The van der Waals surface area contributed by atoms with Crippen LogP contribution >= 0.6 is 0 Å². The molecule has 0 radical (unpaired) electrons. The lowest BCUT2D eigenvalue weighted by Gasteiger charge is -2.17. The normalized spacial score (nSPS) is 12.0. The lowest BCUT2D eigenvalue weighted by molar-refractivity contribution is -0.117. The van der Waals surface area contributed by atoms with Gasteiger partial charge in [0.2, 0.25) is 5.91 Å². The zero-order chi connectivity index (χ0) is 19.5. The van der Waals surface area contributed by atoms with Crippen LogP contribution in [0.3, 0.4) is 0 Å². The largest absolute Gasteiger partial charge is 0.419 e. The van der Waals surface area contributed by atoms with Gasteiger partial charge in [-0.3, -0.25) is 14.3 Å². The first-order valence-electron chi connectivity index (χ1n) is 8.97. The van der Waals surface area contributed by atoms with Gasteiger partial charge in [-0.25, -0.2) is 4.79 Å². The molecule has 2 aromatic heterocycles. The lowest BCUT2D eigenvalue weighted by atomic mass is 9.93. The van der Waals surface area contributed by atoms with Crippen molar-refractivity contribution in [1.29, 1.82) is 0 Å². The first kappa shape index (κ1) is 17.7. The van der Waals surface area contributed by atoms with E-state index in [-0.39, 0.29) is 5.91 Å². The van der Waals surface area contributed by atoms with E-state index in [0.29, 0.717) is 23.2 Å². The molecule has 0 fully saturated rings. The van der Waals surface area contributed by atoms with Crippen LogP contribution in [0.2, 0.25) is 0 Å². The number of hydrogen-bond donors (Lipinski definition) is 1. The van der Waals surface area contributed by atoms with Gasteiger partial charge >= 0.3 is 5.76 Å². The van der Waals surface area contributed by atoms with Gasteiger partial charge in [-0.2, -0.15) is 0 Å². The summed E-state index contributed by atoms with van der Waals surface area (Å²) in [5, 5.41) is 2.94. The molecular formula is C22H19N3O3. The van der Waals surface area contributed by atoms with Crippen LogP contribution in [0.25, 0.3) is 11.1 Å². The van der Waals surface area contributed by atoms with Gasteiger partial charge in [0, 0.05) is 37.1 Å². The van der Waals surface area contributed by atoms with Gasteiger partial charge in [0.25, 0.3) is 0 Å². The van der Waals surface area contributed by atoms with Gasteiger partial charge in [0.15, 0.2) is 5.58 Å². The number of hydrogen-bond acceptors (Lipinski definition) is 4. The number of amides is 1. The van der Waals surface area contributed by atoms with Crippen LogP contribution in [0.1, 0.15) is 17.2 Å². The molecule has 0 bridgehead atoms. The number of anilines is 1. The molecular weight excluding hydrogens is 354 g/mol. The van der Waals surface area contributed by atoms with Gasteiger partial charge < -0.3 is 9.73 Å². The van der Waals surface area contributed by atoms with Crippen LogP contribution in [-0.2, 0) is 18.3 Å². The average molecular weight is 373 g/mol. The van der Waals surface area contributed by atoms with Crippen LogP contribution in [0.5, 0.6) is 0 Å². The SMILES string of the molecule is Cn1c(=O)oc2cc(NC(=O)C(Cc3ccccn3)c3ccccc3)ccc21. The molecule has 2 heterocycles. The molecule has 1 atom stereocenters. The number of rotatable bonds is 5. The molecule has 1 unspecified atom stereocenters. The maximum atomic E-state index is 13.1. The molecule has 6 nitrogen and oxygen atoms in total. The third-order valence-corrected chi connectivity index (χ3v) is 4.72. The number of carbonyl (C=O) groups excluding carboxylic acids is 1. The van der Waals surface area contributed by atoms with E-state index in [1.165, 1.54) is 4.57 Å². The number of nitrogens with one attached hydrogen (secondary N) is 1. The highest BCUT2D eigenvalue weighted by molar-refractivity contribution is 5.97. The lowest BCUT2D eigenvalue weighted by Crippen LogP contribution is -2.23. The number of benzene rings is 2. The Morgan fingerprint density at radius 3 is 2.64 bits per heavy atom. The summed E-state index contributed by atoms with van der Waals surface area (Å²) in [6.45, 7) is 0. The van der Waals surface area contributed by atoms with E-state index in [0.717, 1.165) is 11.3 Å². The maximum Gasteiger partial charge on any atom is 0.419 e. The topological polar surface area (TPSA) is 77.1 Å². The van der Waals surface area contributed by atoms with E-state index in [2.05, 4.69) is 10.3 Å². The maximum absolute atomic E-state index is 13.1. The molecule has 140 valence electrons. The summed E-state index contributed by atoms with van der Waals surface area (Å²) in [6, 6.07) is 20.5. The summed E-state index contributed by atoms with van der Waals surface area (Å²) in [5.41, 5.74) is 3.45. The van der Waals surface area contributed by atoms with Crippen molar-refractivity contribution in [2.24, 2.45) is 7.05 Å². The fourth-order valence-electron chi connectivity index (χ4n) is 3.22. The number of nitrogens with zero attached hydrogens (tertiary/aromatic N) is 2. The Hall–Kier alpha value is -3.67. The van der Waals surface area contributed by atoms with Crippen LogP contribution in [0.15, 0.2) is 82.1 Å². The molecule has 0 saturated carbocycles. The minimum absolute atomic E-state index is 0.144. The predicted molar refractivity (Wildman–Crippen MR) is 107 cm³/mol. The van der Waals surface area contributed by atoms with Crippen molar-refractivity contribution in [2.45, 2.75) is 12.3 Å². The second-order valence-corrected chi connectivity index (χ2v) is 6.59. The number of fused-ring (bicyclic) bond motifs is 1. The van der Waals surface area contributed by atoms with Crippen molar-refractivity contribution < 1.29 is 9.21 Å². The van der Waals surface area contributed by atoms with Gasteiger partial charge in [0.1, 0.15) is 0 Å². The highest BCUT2D eigenvalue weighted by atomic mass is 16.4. The number of aryl methyl sites for hydroxylation is 1. The summed E-state index contributed by atoms with van der Waals surface area (Å²) in [6.07, 6.45) is 2.21. The second-order valence-electron chi connectivity index (χ2n) is 6.59. The summed E-state index contributed by atoms with van der Waals surface area (Å²) >= 11 is 0. The molecule has 0 spiro atoms. The van der Waals surface area contributed by atoms with E-state index in [9.17, 15) is 9.59 Å². The molecule has 4 rings (SSSR count). The van der Waals surface area contributed by atoms with Gasteiger partial charge in [-0.1, -0.05) is 36.4 Å². The van der Waals surface area contributed by atoms with Crippen LogP contribution in [-0.4, -0.2) is 15.5 Å². The highest BCUT2D eigenvalue weighted by Crippen LogP contribution is 2.24. The quantitative estimate of drug-likeness (QED) is 0.581. The van der Waals surface area contributed by atoms with Gasteiger partial charge in [-0.05, 0) is 29.8 Å². The monoisotopic (exact) mass is 373 g/mol. The molecule has 0 aliphatic heterocycles. The minimum atomic E-state index is -0.434. The van der Waals surface area contributed by atoms with Gasteiger partial charge in [-0.15, -0.1) is 0 Å². The van der Waals surface area contributed by atoms with E-state index >= 15 is 0 Å². The number of oxazole rings is 1. The Bertz CT molecular complexity index is 1160. The van der Waals surface area contributed by atoms with Crippen molar-refractivity contribution in [2.75, 3.05) is 5.32 Å². The number of pyridine rings is 1. The fraction of sp³-hybridized carbons (Fsp3) is 0.136. The molecule has 0 saturated heterocycles.